The van der Waals surface area contributed by atoms with Crippen LogP contribution in [0.2, 0.25) is 0 Å². The number of rotatable bonds is 6. The molecule has 1 aliphatic rings. The monoisotopic (exact) mass is 334 g/mol. The predicted molar refractivity (Wildman–Crippen MR) is 90.8 cm³/mol. The molecule has 132 valence electrons. The van der Waals surface area contributed by atoms with E-state index in [0.717, 1.165) is 18.4 Å². The first-order chi connectivity index (χ1) is 11.5. The molecule has 1 saturated heterocycles. The smallest absolute Gasteiger partial charge is 0.408 e. The van der Waals surface area contributed by atoms with Crippen molar-refractivity contribution < 1.29 is 19.8 Å². The van der Waals surface area contributed by atoms with E-state index in [0.29, 0.717) is 25.8 Å². The number of hydrogen-bond donors (Lipinski definition) is 3. The van der Waals surface area contributed by atoms with Crippen LogP contribution in [0.5, 0.6) is 0 Å². The third-order valence-electron chi connectivity index (χ3n) is 4.70. The van der Waals surface area contributed by atoms with Crippen LogP contribution in [0.25, 0.3) is 0 Å². The Morgan fingerprint density at radius 2 is 2.00 bits per heavy atom. The second-order valence-corrected chi connectivity index (χ2v) is 6.36. The Bertz CT molecular complexity index is 563. The van der Waals surface area contributed by atoms with Gasteiger partial charge in [-0.15, -0.1) is 0 Å². The van der Waals surface area contributed by atoms with Crippen molar-refractivity contribution in [2.45, 2.75) is 50.7 Å². The Morgan fingerprint density at radius 3 is 2.62 bits per heavy atom. The highest BCUT2D eigenvalue weighted by molar-refractivity contribution is 5.90. The van der Waals surface area contributed by atoms with E-state index < -0.39 is 17.7 Å². The fraction of sp³-hybridized carbons (Fsp3) is 0.556. The Labute approximate surface area is 142 Å². The highest BCUT2D eigenvalue weighted by Crippen LogP contribution is 2.32. The van der Waals surface area contributed by atoms with Crippen LogP contribution in [0.15, 0.2) is 30.3 Å². The number of carboxylic acid groups (broad SMARTS) is 1. The molecular weight excluding hydrogens is 308 g/mol. The third-order valence-corrected chi connectivity index (χ3v) is 4.70. The molecule has 0 aliphatic carbocycles. The quantitative estimate of drug-likeness (QED) is 0.742. The zero-order chi connectivity index (χ0) is 17.6. The van der Waals surface area contributed by atoms with Gasteiger partial charge in [0.2, 0.25) is 5.91 Å². The summed E-state index contributed by atoms with van der Waals surface area (Å²) in [5.74, 6) is -0.319. The molecule has 1 aliphatic heterocycles. The summed E-state index contributed by atoms with van der Waals surface area (Å²) in [5, 5.41) is 22.1. The molecule has 3 N–H and O–H groups in total. The van der Waals surface area contributed by atoms with Crippen LogP contribution >= 0.6 is 0 Å². The second-order valence-electron chi connectivity index (χ2n) is 6.36. The topological polar surface area (TPSA) is 89.9 Å². The van der Waals surface area contributed by atoms with Gasteiger partial charge >= 0.3 is 6.09 Å². The molecule has 6 nitrogen and oxygen atoms in total. The molecule has 0 radical (unpaired) electrons. The van der Waals surface area contributed by atoms with Crippen molar-refractivity contribution in [2.75, 3.05) is 13.1 Å². The van der Waals surface area contributed by atoms with Crippen molar-refractivity contribution >= 4 is 12.0 Å². The van der Waals surface area contributed by atoms with Crippen LogP contribution in [0.3, 0.4) is 0 Å². The molecule has 0 spiro atoms. The maximum atomic E-state index is 12.9. The lowest BCUT2D eigenvalue weighted by atomic mass is 9.80. The summed E-state index contributed by atoms with van der Waals surface area (Å²) in [4.78, 5) is 26.0. The van der Waals surface area contributed by atoms with E-state index in [2.05, 4.69) is 5.32 Å². The maximum Gasteiger partial charge on any atom is 0.408 e. The van der Waals surface area contributed by atoms with E-state index in [-0.39, 0.29) is 12.5 Å². The summed E-state index contributed by atoms with van der Waals surface area (Å²) in [7, 11) is 0. The van der Waals surface area contributed by atoms with Crippen LogP contribution < -0.4 is 5.32 Å². The van der Waals surface area contributed by atoms with Crippen molar-refractivity contribution in [3.05, 3.63) is 35.9 Å². The van der Waals surface area contributed by atoms with E-state index in [4.69, 9.17) is 0 Å². The summed E-state index contributed by atoms with van der Waals surface area (Å²) in [6.45, 7) is 2.33. The van der Waals surface area contributed by atoms with E-state index in [9.17, 15) is 19.8 Å². The van der Waals surface area contributed by atoms with Crippen LogP contribution in [0.4, 0.5) is 4.79 Å². The molecule has 24 heavy (non-hydrogen) atoms. The van der Waals surface area contributed by atoms with Crippen molar-refractivity contribution in [1.29, 1.82) is 0 Å². The van der Waals surface area contributed by atoms with Crippen LogP contribution in [0.1, 0.15) is 38.2 Å². The number of carbonyl (C=O) groups is 2. The lowest BCUT2D eigenvalue weighted by molar-refractivity contribution is -0.135. The van der Waals surface area contributed by atoms with E-state index in [1.807, 2.05) is 37.3 Å². The zero-order valence-corrected chi connectivity index (χ0v) is 14.1. The first-order valence-corrected chi connectivity index (χ1v) is 8.50. The van der Waals surface area contributed by atoms with E-state index in [1.165, 1.54) is 4.90 Å². The molecule has 6 heteroatoms. The van der Waals surface area contributed by atoms with Crippen LogP contribution in [-0.2, 0) is 11.2 Å². The fourth-order valence-corrected chi connectivity index (χ4v) is 3.27. The Balaban J connectivity index is 2.29. The number of nitrogens with zero attached hydrogens (tertiary/aromatic N) is 1. The highest BCUT2D eigenvalue weighted by atomic mass is 16.4. The molecule has 2 amide bonds. The minimum Gasteiger partial charge on any atom is -0.465 e. The second kappa shape index (κ2) is 8.15. The molecule has 0 aromatic heterocycles. The first kappa shape index (κ1) is 18.3. The standard InChI is InChI=1S/C18H26N2O4/c1-2-15(21)13-19-16(22)18(12-14-8-4-3-5-9-14)10-6-7-11-20(18)17(23)24/h3-5,8-9,15,21H,2,6-7,10-13H2,1H3,(H,19,22)(H,23,24)/t15?,18-/m0/s1. The molecule has 2 rings (SSSR count). The number of nitrogens with one attached hydrogen (secondary N) is 1. The molecule has 1 unspecified atom stereocenters. The van der Waals surface area contributed by atoms with Gasteiger partial charge in [0.05, 0.1) is 6.10 Å². The Hall–Kier alpha value is -2.08. The number of likely N-dealkylation sites (tertiary alicyclic amines) is 1. The molecular formula is C18H26N2O4. The Morgan fingerprint density at radius 1 is 1.29 bits per heavy atom. The van der Waals surface area contributed by atoms with Crippen molar-refractivity contribution in [3.8, 4) is 0 Å². The average molecular weight is 334 g/mol. The van der Waals surface area contributed by atoms with Gasteiger partial charge < -0.3 is 15.5 Å². The predicted octanol–water partition coefficient (Wildman–Crippen LogP) is 2.02. The number of hydrogen-bond acceptors (Lipinski definition) is 3. The number of carbonyl (C=O) groups excluding carboxylic acids is 1. The van der Waals surface area contributed by atoms with Crippen LogP contribution in [0, 0.1) is 0 Å². The molecule has 1 aromatic carbocycles. The van der Waals surface area contributed by atoms with Gasteiger partial charge in [0, 0.05) is 19.5 Å². The van der Waals surface area contributed by atoms with Crippen molar-refractivity contribution in [1.82, 2.24) is 10.2 Å². The van der Waals surface area contributed by atoms with Gasteiger partial charge in [-0.25, -0.2) is 4.79 Å². The number of benzene rings is 1. The summed E-state index contributed by atoms with van der Waals surface area (Å²) in [6.07, 6.45) is 1.24. The highest BCUT2D eigenvalue weighted by Gasteiger charge is 2.47. The van der Waals surface area contributed by atoms with Gasteiger partial charge in [-0.2, -0.15) is 0 Å². The lowest BCUT2D eigenvalue weighted by Crippen LogP contribution is -2.64. The molecule has 1 heterocycles. The van der Waals surface area contributed by atoms with Gasteiger partial charge in [-0.05, 0) is 31.2 Å². The first-order valence-electron chi connectivity index (χ1n) is 8.50. The van der Waals surface area contributed by atoms with Crippen molar-refractivity contribution in [3.63, 3.8) is 0 Å². The third kappa shape index (κ3) is 4.06. The van der Waals surface area contributed by atoms with Gasteiger partial charge in [0.25, 0.3) is 0 Å². The summed E-state index contributed by atoms with van der Waals surface area (Å²) in [5.41, 5.74) is -0.185. The largest absolute Gasteiger partial charge is 0.465 e. The van der Waals surface area contributed by atoms with E-state index >= 15 is 0 Å². The molecule has 1 aromatic rings. The summed E-state index contributed by atoms with van der Waals surface area (Å²) < 4.78 is 0. The lowest BCUT2D eigenvalue weighted by Gasteiger charge is -2.44. The van der Waals surface area contributed by atoms with Crippen molar-refractivity contribution in [2.24, 2.45) is 0 Å². The molecule has 0 saturated carbocycles. The number of aliphatic hydroxyl groups excluding tert-OH is 1. The molecule has 1 fully saturated rings. The van der Waals surface area contributed by atoms with Gasteiger partial charge in [0.15, 0.2) is 0 Å². The van der Waals surface area contributed by atoms with Gasteiger partial charge in [-0.3, -0.25) is 9.69 Å². The SMILES string of the molecule is CCC(O)CNC(=O)[C@@]1(Cc2ccccc2)CCCCN1C(=O)O. The molecule has 0 bridgehead atoms. The minimum atomic E-state index is -1.11. The Kier molecular flexibility index (Phi) is 6.20. The summed E-state index contributed by atoms with van der Waals surface area (Å²) >= 11 is 0. The zero-order valence-electron chi connectivity index (χ0n) is 14.1. The fourth-order valence-electron chi connectivity index (χ4n) is 3.27. The molecule has 2 atom stereocenters. The number of amides is 2. The normalized spacial score (nSPS) is 22.0. The summed E-state index contributed by atoms with van der Waals surface area (Å²) in [6, 6.07) is 9.48. The minimum absolute atomic E-state index is 0.138. The van der Waals surface area contributed by atoms with Gasteiger partial charge in [0.1, 0.15) is 5.54 Å². The van der Waals surface area contributed by atoms with E-state index in [1.54, 1.807) is 0 Å². The van der Waals surface area contributed by atoms with Gasteiger partial charge in [-0.1, -0.05) is 37.3 Å². The maximum absolute atomic E-state index is 12.9. The number of aliphatic hydroxyl groups is 1. The van der Waals surface area contributed by atoms with Crippen LogP contribution in [-0.4, -0.2) is 51.8 Å². The average Bonchev–Trinajstić information content (AvgIpc) is 2.60. The number of piperidine rings is 1.